The Kier molecular flexibility index (Phi) is 7.99. The van der Waals surface area contributed by atoms with Gasteiger partial charge in [-0.25, -0.2) is 4.79 Å². The van der Waals surface area contributed by atoms with Crippen molar-refractivity contribution in [3.05, 3.63) is 0 Å². The monoisotopic (exact) mass is 250 g/mol. The van der Waals surface area contributed by atoms with Gasteiger partial charge in [-0.15, -0.1) is 0 Å². The van der Waals surface area contributed by atoms with Gasteiger partial charge >= 0.3 is 5.97 Å². The minimum atomic E-state index is -0.693. The van der Waals surface area contributed by atoms with E-state index in [1.807, 2.05) is 0 Å². The predicted molar refractivity (Wildman–Crippen MR) is 53.9 cm³/mol. The van der Waals surface area contributed by atoms with Gasteiger partial charge < -0.3 is 4.74 Å². The molecule has 76 valence electrons. The van der Waals surface area contributed by atoms with Crippen molar-refractivity contribution in [2.24, 2.45) is 0 Å². The molecule has 0 aliphatic heterocycles. The van der Waals surface area contributed by atoms with E-state index < -0.39 is 11.8 Å². The van der Waals surface area contributed by atoms with E-state index in [-0.39, 0.29) is 6.61 Å². The number of hydrogen-bond donors (Lipinski definition) is 0. The van der Waals surface area contributed by atoms with Gasteiger partial charge in [0.2, 0.25) is 5.78 Å². The van der Waals surface area contributed by atoms with Gasteiger partial charge in [0.15, 0.2) is 0 Å². The van der Waals surface area contributed by atoms with Crippen LogP contribution in [-0.2, 0) is 14.3 Å². The fourth-order valence-corrected chi connectivity index (χ4v) is 1.27. The molecule has 0 amide bonds. The molecule has 0 rings (SSSR count). The van der Waals surface area contributed by atoms with E-state index in [9.17, 15) is 9.59 Å². The molecule has 0 saturated heterocycles. The Labute approximate surface area is 87.0 Å². The molecule has 4 heteroatoms. The van der Waals surface area contributed by atoms with E-state index in [1.165, 1.54) is 0 Å². The number of carbonyl (C=O) groups is 2. The molecule has 0 spiro atoms. The Morgan fingerprint density at radius 3 is 2.46 bits per heavy atom. The molecule has 0 radical (unpaired) electrons. The molecule has 3 nitrogen and oxygen atoms in total. The van der Waals surface area contributed by atoms with Crippen LogP contribution in [0.15, 0.2) is 0 Å². The van der Waals surface area contributed by atoms with Crippen LogP contribution in [0.5, 0.6) is 0 Å². The van der Waals surface area contributed by atoms with Crippen LogP contribution in [0.2, 0.25) is 0 Å². The molecule has 0 heterocycles. The maximum Gasteiger partial charge on any atom is 0.374 e. The van der Waals surface area contributed by atoms with E-state index in [0.29, 0.717) is 6.42 Å². The highest BCUT2D eigenvalue weighted by molar-refractivity contribution is 9.09. The van der Waals surface area contributed by atoms with E-state index >= 15 is 0 Å². The molecule has 0 bridgehead atoms. The third-order valence-electron chi connectivity index (χ3n) is 1.54. The van der Waals surface area contributed by atoms with Gasteiger partial charge in [0.05, 0.1) is 6.61 Å². The van der Waals surface area contributed by atoms with Crippen LogP contribution in [0.1, 0.15) is 32.6 Å². The topological polar surface area (TPSA) is 43.4 Å². The van der Waals surface area contributed by atoms with E-state index in [0.717, 1.165) is 24.6 Å². The lowest BCUT2D eigenvalue weighted by atomic mass is 10.1. The summed E-state index contributed by atoms with van der Waals surface area (Å²) >= 11 is 3.29. The van der Waals surface area contributed by atoms with Crippen molar-refractivity contribution < 1.29 is 14.3 Å². The quantitative estimate of drug-likeness (QED) is 0.301. The molecule has 0 unspecified atom stereocenters. The Morgan fingerprint density at radius 1 is 1.23 bits per heavy atom. The summed E-state index contributed by atoms with van der Waals surface area (Å²) in [7, 11) is 0. The smallest absolute Gasteiger partial charge is 0.374 e. The van der Waals surface area contributed by atoms with E-state index in [2.05, 4.69) is 20.7 Å². The van der Waals surface area contributed by atoms with Crippen molar-refractivity contribution >= 4 is 27.7 Å². The number of ether oxygens (including phenoxy) is 1. The second-order valence-electron chi connectivity index (χ2n) is 2.64. The molecule has 0 fully saturated rings. The SMILES string of the molecule is CCOC(=O)C(=O)CCCCCBr. The van der Waals surface area contributed by atoms with Gasteiger partial charge in [0, 0.05) is 11.8 Å². The van der Waals surface area contributed by atoms with Crippen LogP contribution in [0.25, 0.3) is 0 Å². The molecule has 0 aromatic rings. The standard InChI is InChI=1S/C9H15BrO3/c1-2-13-9(12)8(11)6-4-3-5-7-10/h2-7H2,1H3. The second-order valence-corrected chi connectivity index (χ2v) is 3.44. The Balaban J connectivity index is 3.44. The first kappa shape index (κ1) is 12.6. The molecule has 0 saturated carbocycles. The summed E-state index contributed by atoms with van der Waals surface area (Å²) < 4.78 is 4.56. The van der Waals surface area contributed by atoms with Crippen molar-refractivity contribution in [3.63, 3.8) is 0 Å². The van der Waals surface area contributed by atoms with Crippen LogP contribution < -0.4 is 0 Å². The van der Waals surface area contributed by atoms with Gasteiger partial charge in [-0.1, -0.05) is 22.4 Å². The molecule has 0 N–H and O–H groups in total. The highest BCUT2D eigenvalue weighted by Crippen LogP contribution is 2.03. The summed E-state index contributed by atoms with van der Waals surface area (Å²) in [5.41, 5.74) is 0. The normalized spacial score (nSPS) is 9.69. The van der Waals surface area contributed by atoms with Crippen molar-refractivity contribution in [2.75, 3.05) is 11.9 Å². The lowest BCUT2D eigenvalue weighted by Crippen LogP contribution is -2.16. The fourth-order valence-electron chi connectivity index (χ4n) is 0.870. The van der Waals surface area contributed by atoms with Gasteiger partial charge in [0.25, 0.3) is 0 Å². The zero-order valence-corrected chi connectivity index (χ0v) is 9.43. The average Bonchev–Trinajstić information content (AvgIpc) is 2.12. The Hall–Kier alpha value is -0.380. The van der Waals surface area contributed by atoms with Crippen molar-refractivity contribution in [1.29, 1.82) is 0 Å². The fraction of sp³-hybridized carbons (Fsp3) is 0.778. The van der Waals surface area contributed by atoms with Gasteiger partial charge in [-0.3, -0.25) is 4.79 Å². The highest BCUT2D eigenvalue weighted by atomic mass is 79.9. The van der Waals surface area contributed by atoms with Crippen molar-refractivity contribution in [2.45, 2.75) is 32.6 Å². The first-order valence-corrected chi connectivity index (χ1v) is 5.60. The van der Waals surface area contributed by atoms with Gasteiger partial charge in [-0.2, -0.15) is 0 Å². The van der Waals surface area contributed by atoms with Gasteiger partial charge in [0.1, 0.15) is 0 Å². The van der Waals surface area contributed by atoms with Crippen LogP contribution in [0, 0.1) is 0 Å². The maximum absolute atomic E-state index is 11.0. The number of ketones is 1. The number of carbonyl (C=O) groups excluding carboxylic acids is 2. The molecular weight excluding hydrogens is 236 g/mol. The lowest BCUT2D eigenvalue weighted by molar-refractivity contribution is -0.153. The summed E-state index contributed by atoms with van der Waals surface area (Å²) in [4.78, 5) is 21.8. The molecule has 13 heavy (non-hydrogen) atoms. The number of unbranched alkanes of at least 4 members (excludes halogenated alkanes) is 2. The number of halogens is 1. The molecule has 0 atom stereocenters. The minimum Gasteiger partial charge on any atom is -0.460 e. The number of esters is 1. The minimum absolute atomic E-state index is 0.270. The average molecular weight is 251 g/mol. The molecular formula is C9H15BrO3. The number of rotatable bonds is 7. The number of Topliss-reactive ketones (excluding diaryl/α,β-unsaturated/α-hetero) is 1. The number of hydrogen-bond acceptors (Lipinski definition) is 3. The summed E-state index contributed by atoms with van der Waals surface area (Å²) in [6, 6.07) is 0. The van der Waals surface area contributed by atoms with Crippen LogP contribution >= 0.6 is 15.9 Å². The van der Waals surface area contributed by atoms with E-state index in [1.54, 1.807) is 6.92 Å². The second kappa shape index (κ2) is 8.23. The summed E-state index contributed by atoms with van der Waals surface area (Å²) in [6.07, 6.45) is 3.08. The predicted octanol–water partition coefficient (Wildman–Crippen LogP) is 2.07. The third kappa shape index (κ3) is 6.75. The lowest BCUT2D eigenvalue weighted by Gasteiger charge is -1.99. The molecule has 0 aliphatic rings. The van der Waals surface area contributed by atoms with Gasteiger partial charge in [-0.05, 0) is 19.8 Å². The molecule has 0 aliphatic carbocycles. The number of alkyl halides is 1. The van der Waals surface area contributed by atoms with Crippen LogP contribution in [-0.4, -0.2) is 23.7 Å². The summed E-state index contributed by atoms with van der Waals surface area (Å²) in [5, 5.41) is 0.945. The first-order chi connectivity index (χ1) is 6.22. The molecule has 0 aromatic heterocycles. The van der Waals surface area contributed by atoms with Crippen molar-refractivity contribution in [3.8, 4) is 0 Å². The summed E-state index contributed by atoms with van der Waals surface area (Å²) in [5.74, 6) is -1.10. The molecule has 0 aromatic carbocycles. The summed E-state index contributed by atoms with van der Waals surface area (Å²) in [6.45, 7) is 1.96. The first-order valence-electron chi connectivity index (χ1n) is 4.48. The van der Waals surface area contributed by atoms with Crippen LogP contribution in [0.3, 0.4) is 0 Å². The highest BCUT2D eigenvalue weighted by Gasteiger charge is 2.13. The largest absolute Gasteiger partial charge is 0.460 e. The van der Waals surface area contributed by atoms with Crippen LogP contribution in [0.4, 0.5) is 0 Å². The van der Waals surface area contributed by atoms with E-state index in [4.69, 9.17) is 0 Å². The Morgan fingerprint density at radius 2 is 1.92 bits per heavy atom. The zero-order chi connectivity index (χ0) is 10.1. The Bertz CT molecular complexity index is 168. The van der Waals surface area contributed by atoms with Crippen molar-refractivity contribution in [1.82, 2.24) is 0 Å². The maximum atomic E-state index is 11.0. The third-order valence-corrected chi connectivity index (χ3v) is 2.10. The zero-order valence-electron chi connectivity index (χ0n) is 7.85.